The fraction of sp³-hybridized carbons (Fsp3) is 0.739. The molecule has 6 unspecified atom stereocenters. The molecule has 0 amide bonds. The fourth-order valence-electron chi connectivity index (χ4n) is 6.34. The summed E-state index contributed by atoms with van der Waals surface area (Å²) in [5, 5.41) is 0. The zero-order chi connectivity index (χ0) is 19.1. The van der Waals surface area contributed by atoms with Crippen molar-refractivity contribution in [2.75, 3.05) is 0 Å². The summed E-state index contributed by atoms with van der Waals surface area (Å²) in [5.74, 6) is 1.90. The van der Waals surface area contributed by atoms with Gasteiger partial charge in [-0.25, -0.2) is 0 Å². The van der Waals surface area contributed by atoms with E-state index < -0.39 is 0 Å². The first-order valence-corrected chi connectivity index (χ1v) is 10.4. The smallest absolute Gasteiger partial charge is 0.302 e. The Labute approximate surface area is 158 Å². The highest BCUT2D eigenvalue weighted by atomic mass is 16.5. The number of rotatable bonds is 1. The van der Waals surface area contributed by atoms with Gasteiger partial charge in [0.05, 0.1) is 0 Å². The molecule has 0 heterocycles. The lowest BCUT2D eigenvalue weighted by Crippen LogP contribution is -2.50. The number of fused-ring (bicyclic) bond motifs is 5. The van der Waals surface area contributed by atoms with Gasteiger partial charge in [0.25, 0.3) is 0 Å². The third-order valence-electron chi connectivity index (χ3n) is 7.74. The molecule has 0 N–H and O–H groups in total. The molecule has 4 aliphatic carbocycles. The predicted molar refractivity (Wildman–Crippen MR) is 104 cm³/mol. The molecule has 0 radical (unpaired) electrons. The number of carbonyl (C=O) groups is 2. The highest BCUT2D eigenvalue weighted by Gasteiger charge is 2.58. The molecule has 2 saturated carbocycles. The normalized spacial score (nSPS) is 43.3. The van der Waals surface area contributed by atoms with Crippen molar-refractivity contribution in [1.29, 1.82) is 0 Å². The first-order valence-electron chi connectivity index (χ1n) is 10.4. The third-order valence-corrected chi connectivity index (χ3v) is 7.74. The van der Waals surface area contributed by atoms with Crippen LogP contribution in [-0.4, -0.2) is 17.9 Å². The van der Waals surface area contributed by atoms with Gasteiger partial charge in [-0.2, -0.15) is 0 Å². The van der Waals surface area contributed by atoms with Crippen molar-refractivity contribution in [3.63, 3.8) is 0 Å². The van der Waals surface area contributed by atoms with Crippen LogP contribution in [0.1, 0.15) is 73.1 Å². The largest absolute Gasteiger partial charge is 0.462 e. The number of esters is 1. The van der Waals surface area contributed by atoms with Crippen molar-refractivity contribution in [3.8, 4) is 0 Å². The van der Waals surface area contributed by atoms with Gasteiger partial charge in [0.15, 0.2) is 5.78 Å². The summed E-state index contributed by atoms with van der Waals surface area (Å²) in [5.41, 5.74) is 1.51. The Hall–Kier alpha value is -1.38. The van der Waals surface area contributed by atoms with Crippen LogP contribution in [-0.2, 0) is 14.3 Å². The van der Waals surface area contributed by atoms with Crippen LogP contribution in [0.3, 0.4) is 0 Å². The molecule has 0 bridgehead atoms. The molecule has 144 valence electrons. The van der Waals surface area contributed by atoms with Crippen LogP contribution < -0.4 is 0 Å². The number of hydrogen-bond donors (Lipinski definition) is 0. The number of ether oxygens (including phenoxy) is 1. The molecule has 0 saturated heterocycles. The van der Waals surface area contributed by atoms with E-state index in [-0.39, 0.29) is 28.7 Å². The van der Waals surface area contributed by atoms with Crippen LogP contribution in [0.4, 0.5) is 0 Å². The lowest BCUT2D eigenvalue weighted by Gasteiger charge is -2.55. The minimum Gasteiger partial charge on any atom is -0.462 e. The average Bonchev–Trinajstić information content (AvgIpc) is 2.93. The van der Waals surface area contributed by atoms with Gasteiger partial charge < -0.3 is 4.74 Å². The zero-order valence-corrected chi connectivity index (χ0v) is 17.0. The Balaban J connectivity index is 0.000000948. The Morgan fingerprint density at radius 3 is 2.54 bits per heavy atom. The van der Waals surface area contributed by atoms with Gasteiger partial charge in [-0.05, 0) is 66.9 Å². The average molecular weight is 359 g/mol. The lowest BCUT2D eigenvalue weighted by molar-refractivity contribution is -0.155. The molecule has 3 heteroatoms. The van der Waals surface area contributed by atoms with Crippen LogP contribution >= 0.6 is 0 Å². The number of ketones is 1. The first-order chi connectivity index (χ1) is 12.3. The molecule has 0 aliphatic heterocycles. The Morgan fingerprint density at radius 2 is 1.85 bits per heavy atom. The number of allylic oxidation sites excluding steroid dienone is 4. The van der Waals surface area contributed by atoms with Crippen LogP contribution in [0.15, 0.2) is 23.8 Å². The van der Waals surface area contributed by atoms with Gasteiger partial charge in [-0.3, -0.25) is 9.59 Å². The second-order valence-electron chi connectivity index (χ2n) is 8.85. The fourth-order valence-corrected chi connectivity index (χ4v) is 6.34. The SMILES string of the molecule is CC.CC(=O)OC1CCC2C3C=CC4=CC(=O)CCC4(C)C3CCC12C. The highest BCUT2D eigenvalue weighted by Crippen LogP contribution is 2.64. The summed E-state index contributed by atoms with van der Waals surface area (Å²) in [6.45, 7) is 10.2. The van der Waals surface area contributed by atoms with E-state index in [2.05, 4.69) is 26.0 Å². The van der Waals surface area contributed by atoms with E-state index in [1.54, 1.807) is 0 Å². The molecule has 4 rings (SSSR count). The van der Waals surface area contributed by atoms with E-state index >= 15 is 0 Å². The van der Waals surface area contributed by atoms with E-state index in [1.165, 1.54) is 18.9 Å². The van der Waals surface area contributed by atoms with Gasteiger partial charge in [0.1, 0.15) is 6.10 Å². The monoisotopic (exact) mass is 358 g/mol. The van der Waals surface area contributed by atoms with Crippen molar-refractivity contribution < 1.29 is 14.3 Å². The van der Waals surface area contributed by atoms with Crippen molar-refractivity contribution in [2.45, 2.75) is 79.2 Å². The Morgan fingerprint density at radius 1 is 1.12 bits per heavy atom. The van der Waals surface area contributed by atoms with E-state index in [9.17, 15) is 9.59 Å². The molecule has 26 heavy (non-hydrogen) atoms. The quantitative estimate of drug-likeness (QED) is 0.601. The van der Waals surface area contributed by atoms with Gasteiger partial charge in [-0.1, -0.05) is 39.8 Å². The van der Waals surface area contributed by atoms with Crippen LogP contribution in [0.2, 0.25) is 0 Å². The standard InChI is InChI=1S/C21H28O3.C2H6/c1-13(22)24-19-7-6-17-16-5-4-14-12-15(23)8-10-20(14,2)18(16)9-11-21(17,19)3;1-2/h4-5,12,16-19H,6-11H2,1-3H3;1-2H3. The lowest BCUT2D eigenvalue weighted by atomic mass is 9.49. The van der Waals surface area contributed by atoms with E-state index in [0.29, 0.717) is 24.2 Å². The molecule has 0 aromatic heterocycles. The second-order valence-corrected chi connectivity index (χ2v) is 8.85. The Kier molecular flexibility index (Phi) is 5.20. The van der Waals surface area contributed by atoms with Gasteiger partial charge in [-0.15, -0.1) is 0 Å². The summed E-state index contributed by atoms with van der Waals surface area (Å²) >= 11 is 0. The molecule has 6 atom stereocenters. The predicted octanol–water partition coefficient (Wildman–Crippen LogP) is 5.25. The topological polar surface area (TPSA) is 43.4 Å². The summed E-state index contributed by atoms with van der Waals surface area (Å²) < 4.78 is 5.69. The van der Waals surface area contributed by atoms with Crippen molar-refractivity contribution in [3.05, 3.63) is 23.8 Å². The molecule has 0 spiro atoms. The van der Waals surface area contributed by atoms with Gasteiger partial charge in [0.2, 0.25) is 0 Å². The Bertz CT molecular complexity index is 646. The number of hydrogen-bond acceptors (Lipinski definition) is 3. The molecule has 0 aromatic carbocycles. The van der Waals surface area contributed by atoms with E-state index in [1.807, 2.05) is 19.9 Å². The van der Waals surface area contributed by atoms with E-state index in [4.69, 9.17) is 4.74 Å². The molecule has 4 aliphatic rings. The van der Waals surface area contributed by atoms with Crippen molar-refractivity contribution in [1.82, 2.24) is 0 Å². The maximum absolute atomic E-state index is 11.8. The maximum atomic E-state index is 11.8. The molecule has 0 aromatic rings. The van der Waals surface area contributed by atoms with E-state index in [0.717, 1.165) is 25.7 Å². The second kappa shape index (κ2) is 6.98. The van der Waals surface area contributed by atoms with Crippen LogP contribution in [0.5, 0.6) is 0 Å². The minimum absolute atomic E-state index is 0.0760. The maximum Gasteiger partial charge on any atom is 0.302 e. The highest BCUT2D eigenvalue weighted by molar-refractivity contribution is 5.92. The minimum atomic E-state index is -0.147. The van der Waals surface area contributed by atoms with Gasteiger partial charge >= 0.3 is 5.97 Å². The zero-order valence-electron chi connectivity index (χ0n) is 17.0. The first kappa shape index (κ1) is 19.4. The molecular formula is C23H34O3. The van der Waals surface area contributed by atoms with Crippen LogP contribution in [0, 0.1) is 28.6 Å². The molecule has 2 fully saturated rings. The summed E-state index contributed by atoms with van der Waals surface area (Å²) in [6, 6.07) is 0. The number of carbonyl (C=O) groups excluding carboxylic acids is 2. The van der Waals surface area contributed by atoms with Crippen LogP contribution in [0.25, 0.3) is 0 Å². The summed E-state index contributed by atoms with van der Waals surface area (Å²) in [6.07, 6.45) is 12.7. The van der Waals surface area contributed by atoms with Gasteiger partial charge in [0, 0.05) is 18.8 Å². The summed E-state index contributed by atoms with van der Waals surface area (Å²) in [4.78, 5) is 23.3. The van der Waals surface area contributed by atoms with Crippen molar-refractivity contribution >= 4 is 11.8 Å². The molecular weight excluding hydrogens is 324 g/mol. The third kappa shape index (κ3) is 2.88. The molecule has 3 nitrogen and oxygen atoms in total. The summed E-state index contributed by atoms with van der Waals surface area (Å²) in [7, 11) is 0. The van der Waals surface area contributed by atoms with Crippen molar-refractivity contribution in [2.24, 2.45) is 28.6 Å².